The first kappa shape index (κ1) is 17.7. The molecule has 2 N–H and O–H groups in total. The molecule has 0 unspecified atom stereocenters. The standard InChI is InChI=1S/C17H26N2O4S/c1-22-13-17(6-8-18-9-7-17)12-19-24(20,21)15-4-5-16-14(11-15)3-2-10-23-16/h4-5,11,18-19H,2-3,6-10,12-13H2,1H3. The Labute approximate surface area is 144 Å². The summed E-state index contributed by atoms with van der Waals surface area (Å²) in [5.41, 5.74) is 0.835. The summed E-state index contributed by atoms with van der Waals surface area (Å²) in [6, 6.07) is 5.12. The predicted octanol–water partition coefficient (Wildman–Crippen LogP) is 1.31. The molecule has 3 rings (SSSR count). The van der Waals surface area contributed by atoms with Crippen LogP contribution in [0, 0.1) is 5.41 Å². The molecule has 2 aliphatic rings. The van der Waals surface area contributed by atoms with Crippen LogP contribution >= 0.6 is 0 Å². The van der Waals surface area contributed by atoms with E-state index in [9.17, 15) is 8.42 Å². The van der Waals surface area contributed by atoms with Crippen molar-refractivity contribution in [2.45, 2.75) is 30.6 Å². The number of ether oxygens (including phenoxy) is 2. The van der Waals surface area contributed by atoms with Crippen molar-refractivity contribution in [3.8, 4) is 5.75 Å². The minimum atomic E-state index is -3.53. The molecular formula is C17H26N2O4S. The number of rotatable bonds is 6. The molecule has 0 saturated carbocycles. The zero-order valence-corrected chi connectivity index (χ0v) is 15.0. The van der Waals surface area contributed by atoms with Crippen LogP contribution in [0.3, 0.4) is 0 Å². The molecule has 1 aromatic rings. The first-order valence-corrected chi connectivity index (χ1v) is 9.98. The molecule has 0 aromatic heterocycles. The maximum absolute atomic E-state index is 12.7. The third-order valence-electron chi connectivity index (χ3n) is 4.94. The third-order valence-corrected chi connectivity index (χ3v) is 6.34. The maximum atomic E-state index is 12.7. The highest BCUT2D eigenvalue weighted by Gasteiger charge is 2.33. The summed E-state index contributed by atoms with van der Waals surface area (Å²) in [5.74, 6) is 0.800. The van der Waals surface area contributed by atoms with Gasteiger partial charge in [-0.3, -0.25) is 0 Å². The van der Waals surface area contributed by atoms with E-state index in [1.54, 1.807) is 25.3 Å². The predicted molar refractivity (Wildman–Crippen MR) is 91.9 cm³/mol. The van der Waals surface area contributed by atoms with E-state index in [4.69, 9.17) is 9.47 Å². The van der Waals surface area contributed by atoms with Crippen molar-refractivity contribution in [3.05, 3.63) is 23.8 Å². The Balaban J connectivity index is 1.73. The van der Waals surface area contributed by atoms with Gasteiger partial charge in [-0.25, -0.2) is 13.1 Å². The number of sulfonamides is 1. The smallest absolute Gasteiger partial charge is 0.240 e. The monoisotopic (exact) mass is 354 g/mol. The SMILES string of the molecule is COCC1(CNS(=O)(=O)c2ccc3c(c2)CCCO3)CCNCC1. The summed E-state index contributed by atoms with van der Waals surface area (Å²) in [7, 11) is -1.86. The van der Waals surface area contributed by atoms with Crippen molar-refractivity contribution < 1.29 is 17.9 Å². The summed E-state index contributed by atoms with van der Waals surface area (Å²) in [4.78, 5) is 0.313. The number of hydrogen-bond acceptors (Lipinski definition) is 5. The summed E-state index contributed by atoms with van der Waals surface area (Å²) in [6.07, 6.45) is 3.59. The number of benzene rings is 1. The number of piperidine rings is 1. The van der Waals surface area contributed by atoms with E-state index in [1.165, 1.54) is 0 Å². The molecule has 0 atom stereocenters. The number of hydrogen-bond donors (Lipinski definition) is 2. The molecule has 1 saturated heterocycles. The van der Waals surface area contributed by atoms with Crippen LogP contribution in [0.5, 0.6) is 5.75 Å². The Hall–Kier alpha value is -1.15. The fraction of sp³-hybridized carbons (Fsp3) is 0.647. The fourth-order valence-electron chi connectivity index (χ4n) is 3.47. The van der Waals surface area contributed by atoms with Gasteiger partial charge in [0.1, 0.15) is 5.75 Å². The van der Waals surface area contributed by atoms with Crippen molar-refractivity contribution >= 4 is 10.0 Å². The molecule has 134 valence electrons. The minimum Gasteiger partial charge on any atom is -0.493 e. The Bertz CT molecular complexity index is 664. The highest BCUT2D eigenvalue weighted by atomic mass is 32.2. The molecule has 24 heavy (non-hydrogen) atoms. The highest BCUT2D eigenvalue weighted by molar-refractivity contribution is 7.89. The quantitative estimate of drug-likeness (QED) is 0.805. The normalized spacial score (nSPS) is 20.2. The van der Waals surface area contributed by atoms with Crippen LogP contribution in [-0.2, 0) is 21.2 Å². The van der Waals surface area contributed by atoms with Crippen LogP contribution in [0.4, 0.5) is 0 Å². The Morgan fingerprint density at radius 2 is 2.12 bits per heavy atom. The van der Waals surface area contributed by atoms with E-state index in [1.807, 2.05) is 0 Å². The first-order valence-electron chi connectivity index (χ1n) is 8.50. The van der Waals surface area contributed by atoms with Crippen molar-refractivity contribution in [2.24, 2.45) is 5.41 Å². The van der Waals surface area contributed by atoms with Gasteiger partial charge in [0.25, 0.3) is 0 Å². The van der Waals surface area contributed by atoms with Crippen LogP contribution in [0.25, 0.3) is 0 Å². The second kappa shape index (κ2) is 7.39. The van der Waals surface area contributed by atoms with E-state index in [0.717, 1.165) is 50.1 Å². The Morgan fingerprint density at radius 1 is 1.33 bits per heavy atom. The van der Waals surface area contributed by atoms with Gasteiger partial charge < -0.3 is 14.8 Å². The highest BCUT2D eigenvalue weighted by Crippen LogP contribution is 2.30. The van der Waals surface area contributed by atoms with Crippen LogP contribution in [0.1, 0.15) is 24.8 Å². The van der Waals surface area contributed by atoms with Crippen molar-refractivity contribution in [3.63, 3.8) is 0 Å². The van der Waals surface area contributed by atoms with E-state index in [2.05, 4.69) is 10.0 Å². The van der Waals surface area contributed by atoms with E-state index >= 15 is 0 Å². The van der Waals surface area contributed by atoms with Crippen LogP contribution in [0.2, 0.25) is 0 Å². The largest absolute Gasteiger partial charge is 0.493 e. The second-order valence-electron chi connectivity index (χ2n) is 6.73. The van der Waals surface area contributed by atoms with Crippen LogP contribution in [-0.4, -0.2) is 48.4 Å². The molecular weight excluding hydrogens is 328 g/mol. The fourth-order valence-corrected chi connectivity index (χ4v) is 4.68. The van der Waals surface area contributed by atoms with Gasteiger partial charge in [-0.1, -0.05) is 0 Å². The van der Waals surface area contributed by atoms with Crippen molar-refractivity contribution in [1.29, 1.82) is 0 Å². The second-order valence-corrected chi connectivity index (χ2v) is 8.50. The molecule has 0 amide bonds. The number of aryl methyl sites for hydroxylation is 1. The lowest BCUT2D eigenvalue weighted by Gasteiger charge is -2.37. The zero-order chi connectivity index (χ0) is 17.0. The van der Waals surface area contributed by atoms with E-state index in [-0.39, 0.29) is 5.41 Å². The van der Waals surface area contributed by atoms with Crippen LogP contribution in [0.15, 0.2) is 23.1 Å². The lowest BCUT2D eigenvalue weighted by atomic mass is 9.80. The lowest BCUT2D eigenvalue weighted by molar-refractivity contribution is 0.0577. The summed E-state index contributed by atoms with van der Waals surface area (Å²) in [5, 5.41) is 3.31. The number of fused-ring (bicyclic) bond motifs is 1. The van der Waals surface area contributed by atoms with Crippen LogP contribution < -0.4 is 14.8 Å². The van der Waals surface area contributed by atoms with Gasteiger partial charge >= 0.3 is 0 Å². The molecule has 1 fully saturated rings. The van der Waals surface area contributed by atoms with Gasteiger partial charge in [0.05, 0.1) is 18.1 Å². The molecule has 0 radical (unpaired) electrons. The van der Waals surface area contributed by atoms with Gasteiger partial charge in [0.2, 0.25) is 10.0 Å². The average molecular weight is 354 g/mol. The summed E-state index contributed by atoms with van der Waals surface area (Å²) in [6.45, 7) is 3.45. The third kappa shape index (κ3) is 3.91. The van der Waals surface area contributed by atoms with Crippen molar-refractivity contribution in [2.75, 3.05) is 40.0 Å². The van der Waals surface area contributed by atoms with E-state index in [0.29, 0.717) is 24.7 Å². The van der Waals surface area contributed by atoms with Gasteiger partial charge in [-0.15, -0.1) is 0 Å². The van der Waals surface area contributed by atoms with Gasteiger partial charge in [0.15, 0.2) is 0 Å². The maximum Gasteiger partial charge on any atom is 0.240 e. The Kier molecular flexibility index (Phi) is 5.44. The first-order chi connectivity index (χ1) is 11.5. The topological polar surface area (TPSA) is 76.7 Å². The van der Waals surface area contributed by atoms with Crippen molar-refractivity contribution in [1.82, 2.24) is 10.0 Å². The molecule has 2 heterocycles. The molecule has 0 bridgehead atoms. The number of nitrogens with one attached hydrogen (secondary N) is 2. The molecule has 1 aromatic carbocycles. The van der Waals surface area contributed by atoms with E-state index < -0.39 is 10.0 Å². The minimum absolute atomic E-state index is 0.135. The van der Waals surface area contributed by atoms with Gasteiger partial charge in [-0.2, -0.15) is 0 Å². The number of methoxy groups -OCH3 is 1. The molecule has 7 heteroatoms. The van der Waals surface area contributed by atoms with Gasteiger partial charge in [0, 0.05) is 19.1 Å². The molecule has 2 aliphatic heterocycles. The zero-order valence-electron chi connectivity index (χ0n) is 14.1. The van der Waals surface area contributed by atoms with Gasteiger partial charge in [-0.05, 0) is 62.5 Å². The average Bonchev–Trinajstić information content (AvgIpc) is 2.61. The molecule has 0 spiro atoms. The molecule has 6 nitrogen and oxygen atoms in total. The lowest BCUT2D eigenvalue weighted by Crippen LogP contribution is -2.47. The summed E-state index contributed by atoms with van der Waals surface area (Å²) >= 11 is 0. The Morgan fingerprint density at radius 3 is 2.88 bits per heavy atom. The summed E-state index contributed by atoms with van der Waals surface area (Å²) < 4.78 is 39.1. The molecule has 0 aliphatic carbocycles.